The van der Waals surface area contributed by atoms with Crippen molar-refractivity contribution in [1.82, 2.24) is 5.32 Å². The van der Waals surface area contributed by atoms with E-state index >= 15 is 0 Å². The van der Waals surface area contributed by atoms with Gasteiger partial charge in [0.25, 0.3) is 0 Å². The Bertz CT molecular complexity index is 31.5. The molecule has 0 unspecified atom stereocenters. The van der Waals surface area contributed by atoms with Crippen LogP contribution in [0.5, 0.6) is 0 Å². The summed E-state index contributed by atoms with van der Waals surface area (Å²) in [7, 11) is 0. The molecule has 1 rings (SSSR count). The van der Waals surface area contributed by atoms with Crippen molar-refractivity contribution in [2.75, 3.05) is 26.3 Å². The molecule has 1 radical (unpaired) electrons. The van der Waals surface area contributed by atoms with Gasteiger partial charge in [-0.25, -0.2) is 0 Å². The van der Waals surface area contributed by atoms with Crippen molar-refractivity contribution in [3.05, 3.63) is 0 Å². The third-order valence-corrected chi connectivity index (χ3v) is 0.846. The van der Waals surface area contributed by atoms with Gasteiger partial charge in [0.1, 0.15) is 0 Å². The molecule has 0 saturated carbocycles. The second-order valence-corrected chi connectivity index (χ2v) is 1.36. The van der Waals surface area contributed by atoms with Crippen LogP contribution in [0, 0.1) is 0 Å². The predicted molar refractivity (Wildman–Crippen MR) is 23.7 cm³/mol. The summed E-state index contributed by atoms with van der Waals surface area (Å²) in [5, 5.41) is 3.16. The number of ether oxygens (including phenoxy) is 1. The van der Waals surface area contributed by atoms with Crippen molar-refractivity contribution >= 4 is 0 Å². The molecule has 0 aromatic heterocycles. The molecule has 0 amide bonds. The van der Waals surface area contributed by atoms with E-state index in [1.165, 1.54) is 0 Å². The number of nitrogens with one attached hydrogen (secondary N) is 1. The minimum Gasteiger partial charge on any atom is -0.379 e. The zero-order chi connectivity index (χ0) is 4.24. The average Bonchev–Trinajstić information content (AvgIpc) is 1.72. The first kappa shape index (κ1) is 11.7. The SMILES string of the molecule is C1COCCN1.[Co].[Ni]. The first-order valence-electron chi connectivity index (χ1n) is 2.28. The first-order valence-corrected chi connectivity index (χ1v) is 2.28. The van der Waals surface area contributed by atoms with Crippen LogP contribution in [0.15, 0.2) is 0 Å². The number of hydrogen-bond acceptors (Lipinski definition) is 2. The summed E-state index contributed by atoms with van der Waals surface area (Å²) in [5.74, 6) is 0. The Morgan fingerprint density at radius 1 is 1.12 bits per heavy atom. The molecule has 1 aliphatic rings. The van der Waals surface area contributed by atoms with Gasteiger partial charge < -0.3 is 10.1 Å². The fourth-order valence-electron chi connectivity index (χ4n) is 0.516. The van der Waals surface area contributed by atoms with Gasteiger partial charge in [0.2, 0.25) is 0 Å². The van der Waals surface area contributed by atoms with Gasteiger partial charge in [-0.05, 0) is 0 Å². The average molecular weight is 205 g/mol. The molecule has 0 aromatic carbocycles. The van der Waals surface area contributed by atoms with Gasteiger partial charge in [0.15, 0.2) is 0 Å². The van der Waals surface area contributed by atoms with E-state index in [1.807, 2.05) is 0 Å². The van der Waals surface area contributed by atoms with Crippen LogP contribution in [0.25, 0.3) is 0 Å². The summed E-state index contributed by atoms with van der Waals surface area (Å²) in [6.45, 7) is 3.83. The molecule has 1 saturated heterocycles. The van der Waals surface area contributed by atoms with Crippen LogP contribution < -0.4 is 5.32 Å². The molecule has 4 heteroatoms. The molecule has 8 heavy (non-hydrogen) atoms. The summed E-state index contributed by atoms with van der Waals surface area (Å²) in [6.07, 6.45) is 0. The molecule has 0 spiro atoms. The largest absolute Gasteiger partial charge is 0.379 e. The van der Waals surface area contributed by atoms with Crippen molar-refractivity contribution in [1.29, 1.82) is 0 Å². The molecular weight excluding hydrogens is 196 g/mol. The molecular formula is C4H9CoNNiO. The molecule has 55 valence electrons. The molecule has 1 fully saturated rings. The van der Waals surface area contributed by atoms with Crippen LogP contribution in [0.2, 0.25) is 0 Å². The topological polar surface area (TPSA) is 21.3 Å². The quantitative estimate of drug-likeness (QED) is 0.543. The van der Waals surface area contributed by atoms with Crippen molar-refractivity contribution in [3.8, 4) is 0 Å². The third kappa shape index (κ3) is 5.06. The van der Waals surface area contributed by atoms with Gasteiger partial charge >= 0.3 is 0 Å². The molecule has 1 heterocycles. The summed E-state index contributed by atoms with van der Waals surface area (Å²) < 4.78 is 5.01. The van der Waals surface area contributed by atoms with Crippen LogP contribution in [0.4, 0.5) is 0 Å². The second kappa shape index (κ2) is 7.92. The predicted octanol–water partition coefficient (Wildman–Crippen LogP) is -0.399. The number of hydrogen-bond donors (Lipinski definition) is 1. The van der Waals surface area contributed by atoms with E-state index in [1.54, 1.807) is 0 Å². The molecule has 1 aliphatic heterocycles. The molecule has 0 aliphatic carbocycles. The van der Waals surface area contributed by atoms with Gasteiger partial charge in [-0.2, -0.15) is 0 Å². The van der Waals surface area contributed by atoms with Crippen molar-refractivity contribution < 1.29 is 38.0 Å². The van der Waals surface area contributed by atoms with E-state index in [9.17, 15) is 0 Å². The van der Waals surface area contributed by atoms with E-state index in [-0.39, 0.29) is 33.3 Å². The van der Waals surface area contributed by atoms with Gasteiger partial charge in [0, 0.05) is 46.4 Å². The minimum absolute atomic E-state index is 0. The van der Waals surface area contributed by atoms with Crippen LogP contribution >= 0.6 is 0 Å². The van der Waals surface area contributed by atoms with Gasteiger partial charge in [-0.3, -0.25) is 0 Å². The van der Waals surface area contributed by atoms with Gasteiger partial charge in [0.05, 0.1) is 13.2 Å². The monoisotopic (exact) mass is 204 g/mol. The Balaban J connectivity index is 0. The van der Waals surface area contributed by atoms with Crippen LogP contribution in [0.3, 0.4) is 0 Å². The normalized spacial score (nSPS) is 18.0. The first-order chi connectivity index (χ1) is 3.00. The Kier molecular flexibility index (Phi) is 11.6. The Morgan fingerprint density at radius 3 is 1.75 bits per heavy atom. The van der Waals surface area contributed by atoms with Gasteiger partial charge in [-0.15, -0.1) is 0 Å². The van der Waals surface area contributed by atoms with E-state index in [0.29, 0.717) is 0 Å². The maximum Gasteiger partial charge on any atom is 0.0591 e. The van der Waals surface area contributed by atoms with E-state index in [0.717, 1.165) is 26.3 Å². The van der Waals surface area contributed by atoms with E-state index < -0.39 is 0 Å². The van der Waals surface area contributed by atoms with E-state index in [4.69, 9.17) is 4.74 Å². The minimum atomic E-state index is 0. The van der Waals surface area contributed by atoms with Crippen molar-refractivity contribution in [3.63, 3.8) is 0 Å². The molecule has 0 bridgehead atoms. The van der Waals surface area contributed by atoms with E-state index in [2.05, 4.69) is 5.32 Å². The maximum atomic E-state index is 5.01. The summed E-state index contributed by atoms with van der Waals surface area (Å²) in [5.41, 5.74) is 0. The Labute approximate surface area is 69.9 Å². The standard InChI is InChI=1S/C4H9NO.Co.Ni/c1-3-6-4-2-5-1;;/h5H,1-4H2;;. The summed E-state index contributed by atoms with van der Waals surface area (Å²) >= 11 is 0. The molecule has 2 nitrogen and oxygen atoms in total. The van der Waals surface area contributed by atoms with Crippen LogP contribution in [-0.4, -0.2) is 26.3 Å². The fourth-order valence-corrected chi connectivity index (χ4v) is 0.516. The molecule has 0 aromatic rings. The van der Waals surface area contributed by atoms with Crippen molar-refractivity contribution in [2.45, 2.75) is 0 Å². The summed E-state index contributed by atoms with van der Waals surface area (Å²) in [6, 6.07) is 0. The zero-order valence-corrected chi connectivity index (χ0v) is 6.41. The van der Waals surface area contributed by atoms with Gasteiger partial charge in [-0.1, -0.05) is 0 Å². The zero-order valence-electron chi connectivity index (χ0n) is 4.39. The number of rotatable bonds is 0. The summed E-state index contributed by atoms with van der Waals surface area (Å²) in [4.78, 5) is 0. The molecule has 0 atom stereocenters. The van der Waals surface area contributed by atoms with Crippen LogP contribution in [-0.2, 0) is 38.0 Å². The smallest absolute Gasteiger partial charge is 0.0591 e. The van der Waals surface area contributed by atoms with Crippen molar-refractivity contribution in [2.24, 2.45) is 0 Å². The second-order valence-electron chi connectivity index (χ2n) is 1.36. The number of morpholine rings is 1. The molecule has 1 N–H and O–H groups in total. The Hall–Kier alpha value is 0.920. The Morgan fingerprint density at radius 2 is 1.62 bits per heavy atom. The van der Waals surface area contributed by atoms with Crippen LogP contribution in [0.1, 0.15) is 0 Å². The fraction of sp³-hybridized carbons (Fsp3) is 1.00. The maximum absolute atomic E-state index is 5.01. The third-order valence-electron chi connectivity index (χ3n) is 0.846.